The molecule has 0 aliphatic rings. The first-order valence-corrected chi connectivity index (χ1v) is 7.35. The minimum Gasteiger partial charge on any atom is -0.494 e. The van der Waals surface area contributed by atoms with Gasteiger partial charge >= 0.3 is 0 Å². The molecule has 0 aromatic heterocycles. The number of hydrogen-bond donors (Lipinski definition) is 1. The van der Waals surface area contributed by atoms with Crippen LogP contribution in [0.5, 0.6) is 11.5 Å². The average Bonchev–Trinajstić information content (AvgIpc) is 2.41. The van der Waals surface area contributed by atoms with Crippen molar-refractivity contribution >= 4 is 0 Å². The molecule has 1 aromatic rings. The standard InChI is InChI=1S/C16H27NO2/c1-4-17-14(3)8-6-7-13-19-16-11-9-15(10-12-16)18-5-2/h9-12,14,17H,4-8,13H2,1-3H3. The summed E-state index contributed by atoms with van der Waals surface area (Å²) in [6, 6.07) is 8.44. The highest BCUT2D eigenvalue weighted by Crippen LogP contribution is 2.17. The first-order valence-electron chi connectivity index (χ1n) is 7.35. The predicted molar refractivity (Wildman–Crippen MR) is 80.1 cm³/mol. The lowest BCUT2D eigenvalue weighted by Gasteiger charge is -2.12. The Morgan fingerprint density at radius 2 is 1.63 bits per heavy atom. The molecule has 1 N–H and O–H groups in total. The van der Waals surface area contributed by atoms with E-state index in [1.807, 2.05) is 31.2 Å². The van der Waals surface area contributed by atoms with E-state index in [-0.39, 0.29) is 0 Å². The first-order chi connectivity index (χ1) is 9.26. The van der Waals surface area contributed by atoms with Gasteiger partial charge in [-0.1, -0.05) is 6.92 Å². The number of rotatable bonds is 10. The van der Waals surface area contributed by atoms with Crippen LogP contribution in [-0.2, 0) is 0 Å². The fraction of sp³-hybridized carbons (Fsp3) is 0.625. The lowest BCUT2D eigenvalue weighted by atomic mass is 10.1. The largest absolute Gasteiger partial charge is 0.494 e. The molecule has 1 aromatic carbocycles. The van der Waals surface area contributed by atoms with Gasteiger partial charge in [0.25, 0.3) is 0 Å². The fourth-order valence-electron chi connectivity index (χ4n) is 1.99. The number of hydrogen-bond acceptors (Lipinski definition) is 3. The lowest BCUT2D eigenvalue weighted by Crippen LogP contribution is -2.25. The average molecular weight is 265 g/mol. The Bertz CT molecular complexity index is 324. The molecule has 0 spiro atoms. The summed E-state index contributed by atoms with van der Waals surface area (Å²) < 4.78 is 11.1. The summed E-state index contributed by atoms with van der Waals surface area (Å²) in [5, 5.41) is 3.42. The Kier molecular flexibility index (Phi) is 8.07. The summed E-state index contributed by atoms with van der Waals surface area (Å²) in [6.45, 7) is 8.89. The van der Waals surface area contributed by atoms with Crippen LogP contribution in [0.4, 0.5) is 0 Å². The minimum absolute atomic E-state index is 0.607. The molecule has 108 valence electrons. The van der Waals surface area contributed by atoms with E-state index in [2.05, 4.69) is 19.2 Å². The van der Waals surface area contributed by atoms with Crippen LogP contribution in [-0.4, -0.2) is 25.8 Å². The van der Waals surface area contributed by atoms with Gasteiger partial charge in [0.05, 0.1) is 13.2 Å². The molecular weight excluding hydrogens is 238 g/mol. The van der Waals surface area contributed by atoms with E-state index in [1.165, 1.54) is 12.8 Å². The summed E-state index contributed by atoms with van der Waals surface area (Å²) >= 11 is 0. The van der Waals surface area contributed by atoms with Crippen LogP contribution < -0.4 is 14.8 Å². The van der Waals surface area contributed by atoms with Crippen molar-refractivity contribution in [1.29, 1.82) is 0 Å². The zero-order valence-corrected chi connectivity index (χ0v) is 12.4. The number of nitrogens with one attached hydrogen (secondary N) is 1. The van der Waals surface area contributed by atoms with Crippen molar-refractivity contribution in [3.05, 3.63) is 24.3 Å². The van der Waals surface area contributed by atoms with E-state index in [4.69, 9.17) is 9.47 Å². The molecule has 0 saturated carbocycles. The quantitative estimate of drug-likeness (QED) is 0.655. The van der Waals surface area contributed by atoms with E-state index >= 15 is 0 Å². The molecule has 0 heterocycles. The van der Waals surface area contributed by atoms with Crippen LogP contribution in [0.15, 0.2) is 24.3 Å². The summed E-state index contributed by atoms with van der Waals surface area (Å²) in [5.41, 5.74) is 0. The Hall–Kier alpha value is -1.22. The van der Waals surface area contributed by atoms with Gasteiger partial charge < -0.3 is 14.8 Å². The third kappa shape index (κ3) is 7.06. The zero-order valence-electron chi connectivity index (χ0n) is 12.4. The second kappa shape index (κ2) is 9.68. The molecule has 3 nitrogen and oxygen atoms in total. The monoisotopic (exact) mass is 265 g/mol. The molecular formula is C16H27NO2. The molecule has 0 amide bonds. The maximum Gasteiger partial charge on any atom is 0.119 e. The van der Waals surface area contributed by atoms with E-state index < -0.39 is 0 Å². The zero-order chi connectivity index (χ0) is 13.9. The third-order valence-corrected chi connectivity index (χ3v) is 2.99. The van der Waals surface area contributed by atoms with Crippen molar-refractivity contribution in [2.45, 2.75) is 46.1 Å². The van der Waals surface area contributed by atoms with Gasteiger partial charge in [0.15, 0.2) is 0 Å². The lowest BCUT2D eigenvalue weighted by molar-refractivity contribution is 0.300. The highest BCUT2D eigenvalue weighted by Gasteiger charge is 2.00. The maximum absolute atomic E-state index is 5.70. The van der Waals surface area contributed by atoms with E-state index in [0.717, 1.165) is 31.1 Å². The number of unbranched alkanes of at least 4 members (excludes halogenated alkanes) is 1. The second-order valence-corrected chi connectivity index (χ2v) is 4.71. The second-order valence-electron chi connectivity index (χ2n) is 4.71. The van der Waals surface area contributed by atoms with Gasteiger partial charge in [0, 0.05) is 6.04 Å². The number of benzene rings is 1. The minimum atomic E-state index is 0.607. The third-order valence-electron chi connectivity index (χ3n) is 2.99. The molecule has 0 aliphatic heterocycles. The topological polar surface area (TPSA) is 30.5 Å². The molecule has 1 rings (SSSR count). The van der Waals surface area contributed by atoms with Gasteiger partial charge in [0.2, 0.25) is 0 Å². The van der Waals surface area contributed by atoms with E-state index in [9.17, 15) is 0 Å². The molecule has 0 radical (unpaired) electrons. The smallest absolute Gasteiger partial charge is 0.119 e. The van der Waals surface area contributed by atoms with Gasteiger partial charge in [-0.3, -0.25) is 0 Å². The van der Waals surface area contributed by atoms with Crippen LogP contribution in [0.1, 0.15) is 40.0 Å². The summed E-state index contributed by atoms with van der Waals surface area (Å²) in [7, 11) is 0. The fourth-order valence-corrected chi connectivity index (χ4v) is 1.99. The van der Waals surface area contributed by atoms with Crippen molar-refractivity contribution in [2.24, 2.45) is 0 Å². The predicted octanol–water partition coefficient (Wildman–Crippen LogP) is 3.63. The molecule has 1 atom stereocenters. The van der Waals surface area contributed by atoms with Gasteiger partial charge in [-0.2, -0.15) is 0 Å². The molecule has 0 saturated heterocycles. The van der Waals surface area contributed by atoms with E-state index in [0.29, 0.717) is 12.6 Å². The van der Waals surface area contributed by atoms with Crippen LogP contribution in [0.3, 0.4) is 0 Å². The van der Waals surface area contributed by atoms with Gasteiger partial charge in [-0.25, -0.2) is 0 Å². The Balaban J connectivity index is 2.12. The van der Waals surface area contributed by atoms with Crippen LogP contribution >= 0.6 is 0 Å². The Morgan fingerprint density at radius 1 is 1.00 bits per heavy atom. The normalized spacial score (nSPS) is 12.2. The van der Waals surface area contributed by atoms with Gasteiger partial charge in [-0.05, 0) is 63.9 Å². The SMILES string of the molecule is CCNC(C)CCCCOc1ccc(OCC)cc1. The van der Waals surface area contributed by atoms with Gasteiger partial charge in [-0.15, -0.1) is 0 Å². The number of ether oxygens (including phenoxy) is 2. The molecule has 0 fully saturated rings. The molecule has 0 bridgehead atoms. The molecule has 19 heavy (non-hydrogen) atoms. The highest BCUT2D eigenvalue weighted by molar-refractivity contribution is 5.31. The van der Waals surface area contributed by atoms with E-state index in [1.54, 1.807) is 0 Å². The molecule has 0 aliphatic carbocycles. The Morgan fingerprint density at radius 3 is 2.21 bits per heavy atom. The molecule has 1 unspecified atom stereocenters. The van der Waals surface area contributed by atoms with Crippen molar-refractivity contribution < 1.29 is 9.47 Å². The van der Waals surface area contributed by atoms with Crippen LogP contribution in [0.25, 0.3) is 0 Å². The van der Waals surface area contributed by atoms with Crippen LogP contribution in [0.2, 0.25) is 0 Å². The van der Waals surface area contributed by atoms with Crippen molar-refractivity contribution in [1.82, 2.24) is 5.32 Å². The van der Waals surface area contributed by atoms with Crippen LogP contribution in [0, 0.1) is 0 Å². The van der Waals surface area contributed by atoms with Gasteiger partial charge in [0.1, 0.15) is 11.5 Å². The Labute approximate surface area is 117 Å². The molecule has 3 heteroatoms. The first kappa shape index (κ1) is 15.8. The van der Waals surface area contributed by atoms with Crippen molar-refractivity contribution in [3.8, 4) is 11.5 Å². The summed E-state index contributed by atoms with van der Waals surface area (Å²) in [6.07, 6.45) is 3.51. The summed E-state index contributed by atoms with van der Waals surface area (Å²) in [5.74, 6) is 1.82. The maximum atomic E-state index is 5.70. The summed E-state index contributed by atoms with van der Waals surface area (Å²) in [4.78, 5) is 0. The van der Waals surface area contributed by atoms with Crippen molar-refractivity contribution in [3.63, 3.8) is 0 Å². The highest BCUT2D eigenvalue weighted by atomic mass is 16.5. The van der Waals surface area contributed by atoms with Crippen molar-refractivity contribution in [2.75, 3.05) is 19.8 Å².